The number of benzene rings is 2. The Morgan fingerprint density at radius 3 is 2.60 bits per heavy atom. The fraction of sp³-hybridized carbons (Fsp3) is 0.211. The second-order valence-corrected chi connectivity index (χ2v) is 6.23. The largest absolute Gasteiger partial charge is 0.397 e. The number of para-hydroxylation sites is 1. The molecule has 0 bridgehead atoms. The SMILES string of the molecule is Nc1cc(F)ccc1N1CCN(C(=O)c2c[nH]c3ccccc23)CC1. The zero-order chi connectivity index (χ0) is 17.4. The smallest absolute Gasteiger partial charge is 0.256 e. The molecule has 3 N–H and O–H groups in total. The molecule has 1 fully saturated rings. The Bertz CT molecular complexity index is 928. The Hall–Kier alpha value is -3.02. The molecule has 1 aliphatic rings. The van der Waals surface area contributed by atoms with Gasteiger partial charge >= 0.3 is 0 Å². The average Bonchev–Trinajstić information content (AvgIpc) is 3.05. The van der Waals surface area contributed by atoms with Gasteiger partial charge in [0.25, 0.3) is 5.91 Å². The van der Waals surface area contributed by atoms with Crippen LogP contribution < -0.4 is 10.6 Å². The lowest BCUT2D eigenvalue weighted by Gasteiger charge is -2.36. The van der Waals surface area contributed by atoms with E-state index in [2.05, 4.69) is 9.88 Å². The van der Waals surface area contributed by atoms with Crippen LogP contribution in [0.15, 0.2) is 48.7 Å². The van der Waals surface area contributed by atoms with Crippen molar-refractivity contribution in [3.8, 4) is 0 Å². The van der Waals surface area contributed by atoms with Gasteiger partial charge in [-0.3, -0.25) is 4.79 Å². The van der Waals surface area contributed by atoms with E-state index in [1.54, 1.807) is 12.3 Å². The molecule has 0 radical (unpaired) electrons. The van der Waals surface area contributed by atoms with Crippen molar-refractivity contribution in [2.45, 2.75) is 0 Å². The number of anilines is 2. The molecule has 2 aromatic carbocycles. The molecule has 2 heterocycles. The minimum atomic E-state index is -0.339. The average molecular weight is 338 g/mol. The quantitative estimate of drug-likeness (QED) is 0.706. The van der Waals surface area contributed by atoms with Crippen molar-refractivity contribution in [3.63, 3.8) is 0 Å². The van der Waals surface area contributed by atoms with Crippen molar-refractivity contribution >= 4 is 28.2 Å². The number of halogens is 1. The summed E-state index contributed by atoms with van der Waals surface area (Å²) in [5.74, 6) is -0.307. The van der Waals surface area contributed by atoms with E-state index in [9.17, 15) is 9.18 Å². The van der Waals surface area contributed by atoms with E-state index in [0.717, 1.165) is 16.6 Å². The lowest BCUT2D eigenvalue weighted by molar-refractivity contribution is 0.0749. The first-order chi connectivity index (χ1) is 12.1. The summed E-state index contributed by atoms with van der Waals surface area (Å²) in [6.45, 7) is 2.55. The number of amides is 1. The van der Waals surface area contributed by atoms with Gasteiger partial charge in [-0.1, -0.05) is 18.2 Å². The first kappa shape index (κ1) is 15.5. The zero-order valence-electron chi connectivity index (χ0n) is 13.7. The number of nitrogen functional groups attached to an aromatic ring is 1. The Labute approximate surface area is 144 Å². The van der Waals surface area contributed by atoms with Gasteiger partial charge in [-0.15, -0.1) is 0 Å². The molecule has 1 saturated heterocycles. The summed E-state index contributed by atoms with van der Waals surface area (Å²) in [5, 5.41) is 0.942. The van der Waals surface area contributed by atoms with E-state index in [4.69, 9.17) is 5.73 Å². The van der Waals surface area contributed by atoms with Crippen LogP contribution >= 0.6 is 0 Å². The molecule has 0 atom stereocenters. The highest BCUT2D eigenvalue weighted by Crippen LogP contribution is 2.26. The van der Waals surface area contributed by atoms with Crippen molar-refractivity contribution in [2.24, 2.45) is 0 Å². The number of rotatable bonds is 2. The minimum Gasteiger partial charge on any atom is -0.397 e. The van der Waals surface area contributed by atoms with E-state index in [0.29, 0.717) is 37.4 Å². The Balaban J connectivity index is 1.49. The molecule has 1 aromatic heterocycles. The van der Waals surface area contributed by atoms with E-state index in [1.807, 2.05) is 29.2 Å². The molecule has 0 aliphatic carbocycles. The van der Waals surface area contributed by atoms with Gasteiger partial charge in [0.05, 0.1) is 16.9 Å². The summed E-state index contributed by atoms with van der Waals surface area (Å²) in [5.41, 5.74) is 8.83. The fourth-order valence-corrected chi connectivity index (χ4v) is 3.38. The van der Waals surface area contributed by atoms with Crippen LogP contribution in [-0.2, 0) is 0 Å². The molecule has 128 valence electrons. The first-order valence-corrected chi connectivity index (χ1v) is 8.29. The number of H-pyrrole nitrogens is 1. The van der Waals surface area contributed by atoms with E-state index in [1.165, 1.54) is 12.1 Å². The third-order valence-corrected chi connectivity index (χ3v) is 4.72. The van der Waals surface area contributed by atoms with Crippen molar-refractivity contribution in [1.82, 2.24) is 9.88 Å². The number of carbonyl (C=O) groups excluding carboxylic acids is 1. The van der Waals surface area contributed by atoms with Gasteiger partial charge < -0.3 is 20.5 Å². The number of nitrogens with two attached hydrogens (primary N) is 1. The topological polar surface area (TPSA) is 65.4 Å². The number of aromatic nitrogens is 1. The number of nitrogens with zero attached hydrogens (tertiary/aromatic N) is 2. The summed E-state index contributed by atoms with van der Waals surface area (Å²) < 4.78 is 13.2. The van der Waals surface area contributed by atoms with Gasteiger partial charge in [0.15, 0.2) is 0 Å². The van der Waals surface area contributed by atoms with Crippen molar-refractivity contribution in [3.05, 3.63) is 60.0 Å². The van der Waals surface area contributed by atoms with Gasteiger partial charge in [-0.2, -0.15) is 0 Å². The second-order valence-electron chi connectivity index (χ2n) is 6.23. The third kappa shape index (κ3) is 2.80. The highest BCUT2D eigenvalue weighted by atomic mass is 19.1. The van der Waals surface area contributed by atoms with E-state index < -0.39 is 0 Å². The summed E-state index contributed by atoms with van der Waals surface area (Å²) >= 11 is 0. The lowest BCUT2D eigenvalue weighted by atomic mass is 10.1. The maximum atomic E-state index is 13.2. The molecule has 0 saturated carbocycles. The minimum absolute atomic E-state index is 0.0316. The standard InChI is InChI=1S/C19H19FN4O/c20-13-5-6-18(16(21)11-13)23-7-9-24(10-8-23)19(25)15-12-22-17-4-2-1-3-14(15)17/h1-6,11-12,22H,7-10,21H2. The first-order valence-electron chi connectivity index (χ1n) is 8.29. The van der Waals surface area contributed by atoms with Gasteiger partial charge in [-0.05, 0) is 24.3 Å². The summed E-state index contributed by atoms with van der Waals surface area (Å²) in [4.78, 5) is 19.9. The molecule has 0 spiro atoms. The number of piperazine rings is 1. The predicted molar refractivity (Wildman–Crippen MR) is 97.2 cm³/mol. The predicted octanol–water partition coefficient (Wildman–Crippen LogP) is 2.85. The van der Waals surface area contributed by atoms with Crippen molar-refractivity contribution < 1.29 is 9.18 Å². The molecule has 1 amide bonds. The van der Waals surface area contributed by atoms with Gasteiger partial charge in [0.2, 0.25) is 0 Å². The maximum Gasteiger partial charge on any atom is 0.256 e. The van der Waals surface area contributed by atoms with Crippen LogP contribution in [0.1, 0.15) is 10.4 Å². The number of nitrogens with one attached hydrogen (secondary N) is 1. The van der Waals surface area contributed by atoms with Crippen LogP contribution in [0.2, 0.25) is 0 Å². The highest BCUT2D eigenvalue weighted by Gasteiger charge is 2.24. The third-order valence-electron chi connectivity index (χ3n) is 4.72. The number of hydrogen-bond donors (Lipinski definition) is 2. The Morgan fingerprint density at radius 1 is 1.08 bits per heavy atom. The molecular formula is C19H19FN4O. The summed E-state index contributed by atoms with van der Waals surface area (Å²) in [6.07, 6.45) is 1.78. The number of hydrogen-bond acceptors (Lipinski definition) is 3. The van der Waals surface area contributed by atoms with Crippen LogP contribution in [0.3, 0.4) is 0 Å². The molecule has 25 heavy (non-hydrogen) atoms. The maximum absolute atomic E-state index is 13.2. The van der Waals surface area contributed by atoms with Crippen LogP contribution in [-0.4, -0.2) is 42.0 Å². The van der Waals surface area contributed by atoms with Crippen molar-refractivity contribution in [1.29, 1.82) is 0 Å². The molecule has 0 unspecified atom stereocenters. The Morgan fingerprint density at radius 2 is 1.84 bits per heavy atom. The molecule has 5 nitrogen and oxygen atoms in total. The summed E-state index contributed by atoms with van der Waals surface area (Å²) in [6, 6.07) is 12.2. The van der Waals surface area contributed by atoms with Gasteiger partial charge in [0.1, 0.15) is 5.82 Å². The number of aromatic amines is 1. The molecule has 3 aromatic rings. The lowest BCUT2D eigenvalue weighted by Crippen LogP contribution is -2.49. The van der Waals surface area contributed by atoms with Crippen LogP contribution in [0.5, 0.6) is 0 Å². The van der Waals surface area contributed by atoms with E-state index in [-0.39, 0.29) is 11.7 Å². The van der Waals surface area contributed by atoms with Crippen LogP contribution in [0, 0.1) is 5.82 Å². The van der Waals surface area contributed by atoms with Gasteiger partial charge in [-0.25, -0.2) is 4.39 Å². The fourth-order valence-electron chi connectivity index (χ4n) is 3.38. The highest BCUT2D eigenvalue weighted by molar-refractivity contribution is 6.06. The second kappa shape index (κ2) is 6.12. The van der Waals surface area contributed by atoms with Crippen LogP contribution in [0.4, 0.5) is 15.8 Å². The van der Waals surface area contributed by atoms with Crippen LogP contribution in [0.25, 0.3) is 10.9 Å². The Kier molecular flexibility index (Phi) is 3.80. The molecule has 1 aliphatic heterocycles. The molecule has 6 heteroatoms. The number of carbonyl (C=O) groups is 1. The van der Waals surface area contributed by atoms with Gasteiger partial charge in [0, 0.05) is 43.3 Å². The molecular weight excluding hydrogens is 319 g/mol. The normalized spacial score (nSPS) is 14.9. The summed E-state index contributed by atoms with van der Waals surface area (Å²) in [7, 11) is 0. The molecule has 4 rings (SSSR count). The number of fused-ring (bicyclic) bond motifs is 1. The monoisotopic (exact) mass is 338 g/mol. The van der Waals surface area contributed by atoms with Crippen molar-refractivity contribution in [2.75, 3.05) is 36.8 Å². The zero-order valence-corrected chi connectivity index (χ0v) is 13.7. The van der Waals surface area contributed by atoms with E-state index >= 15 is 0 Å².